The third-order valence-corrected chi connectivity index (χ3v) is 5.75. The van der Waals surface area contributed by atoms with Crippen LogP contribution >= 0.6 is 0 Å². The number of nitrogens with one attached hydrogen (secondary N) is 1. The fourth-order valence-corrected chi connectivity index (χ4v) is 4.62. The van der Waals surface area contributed by atoms with Gasteiger partial charge in [0.05, 0.1) is 11.3 Å². The fourth-order valence-electron chi connectivity index (χ4n) is 4.62. The van der Waals surface area contributed by atoms with E-state index in [1.807, 2.05) is 48.5 Å². The summed E-state index contributed by atoms with van der Waals surface area (Å²) in [5.41, 5.74) is 3.92. The molecule has 1 N–H and O–H groups in total. The summed E-state index contributed by atoms with van der Waals surface area (Å²) in [4.78, 5) is 26.2. The topological polar surface area (TPSA) is 59.3 Å². The molecule has 2 aromatic carbocycles. The lowest BCUT2D eigenvalue weighted by Crippen LogP contribution is -2.35. The molecule has 1 aromatic heterocycles. The molecule has 0 bridgehead atoms. The number of anilines is 1. The lowest BCUT2D eigenvalue weighted by molar-refractivity contribution is -0.118. The molecule has 1 unspecified atom stereocenters. The molecule has 4 nitrogen and oxygen atoms in total. The number of hydrogen-bond acceptors (Lipinski definition) is 4. The molecular formula is C24H21NO3. The van der Waals surface area contributed by atoms with Gasteiger partial charge in [-0.05, 0) is 29.5 Å². The van der Waals surface area contributed by atoms with Crippen LogP contribution in [-0.4, -0.2) is 5.78 Å². The van der Waals surface area contributed by atoms with Gasteiger partial charge in [-0.15, -0.1) is 0 Å². The number of Topliss-reactive ketones (excluding diaryl/α,β-unsaturated/α-hetero) is 1. The zero-order chi connectivity index (χ0) is 19.5. The van der Waals surface area contributed by atoms with Crippen LogP contribution in [0, 0.1) is 5.41 Å². The lowest BCUT2D eigenvalue weighted by Gasteiger charge is -2.39. The molecule has 0 saturated heterocycles. The molecule has 0 radical (unpaired) electrons. The van der Waals surface area contributed by atoms with Gasteiger partial charge in [-0.3, -0.25) is 4.79 Å². The SMILES string of the molecule is CC1(C)CC(=O)C2=C(C1)Nc1c(c(=O)oc3ccccc13)C2c1ccccc1. The van der Waals surface area contributed by atoms with Crippen LogP contribution in [0.1, 0.15) is 43.7 Å². The van der Waals surface area contributed by atoms with Crippen LogP contribution in [0.2, 0.25) is 0 Å². The summed E-state index contributed by atoms with van der Waals surface area (Å²) in [6.45, 7) is 4.22. The Morgan fingerprint density at radius 1 is 0.964 bits per heavy atom. The van der Waals surface area contributed by atoms with E-state index >= 15 is 0 Å². The van der Waals surface area contributed by atoms with Gasteiger partial charge in [-0.2, -0.15) is 0 Å². The average Bonchev–Trinajstić information content (AvgIpc) is 2.66. The number of carbonyl (C=O) groups is 1. The van der Waals surface area contributed by atoms with E-state index in [0.29, 0.717) is 23.1 Å². The molecular weight excluding hydrogens is 350 g/mol. The van der Waals surface area contributed by atoms with Crippen molar-refractivity contribution in [1.29, 1.82) is 0 Å². The van der Waals surface area contributed by atoms with Gasteiger partial charge in [0.25, 0.3) is 0 Å². The second kappa shape index (κ2) is 5.93. The molecule has 0 spiro atoms. The second-order valence-electron chi connectivity index (χ2n) is 8.48. The van der Waals surface area contributed by atoms with Crippen LogP contribution in [0.5, 0.6) is 0 Å². The molecule has 2 heterocycles. The zero-order valence-electron chi connectivity index (χ0n) is 15.9. The monoisotopic (exact) mass is 371 g/mol. The third kappa shape index (κ3) is 2.52. The minimum atomic E-state index is -0.406. The Balaban J connectivity index is 1.85. The number of benzene rings is 2. The number of fused-ring (bicyclic) bond motifs is 3. The average molecular weight is 371 g/mol. The summed E-state index contributed by atoms with van der Waals surface area (Å²) in [5.74, 6) is -0.303. The summed E-state index contributed by atoms with van der Waals surface area (Å²) in [6, 6.07) is 17.3. The van der Waals surface area contributed by atoms with Gasteiger partial charge in [0.15, 0.2) is 5.78 Å². The van der Waals surface area contributed by atoms with Crippen LogP contribution < -0.4 is 10.9 Å². The van der Waals surface area contributed by atoms with Gasteiger partial charge in [0, 0.05) is 29.0 Å². The predicted octanol–water partition coefficient (Wildman–Crippen LogP) is 4.99. The van der Waals surface area contributed by atoms with Crippen LogP contribution in [0.25, 0.3) is 11.0 Å². The van der Waals surface area contributed by atoms with Gasteiger partial charge >= 0.3 is 5.63 Å². The normalized spacial score (nSPS) is 20.5. The first-order chi connectivity index (χ1) is 13.4. The Morgan fingerprint density at radius 3 is 2.46 bits per heavy atom. The maximum absolute atomic E-state index is 13.2. The van der Waals surface area contributed by atoms with Gasteiger partial charge < -0.3 is 9.73 Å². The Bertz CT molecular complexity index is 1200. The first kappa shape index (κ1) is 17.0. The minimum absolute atomic E-state index is 0.103. The minimum Gasteiger partial charge on any atom is -0.422 e. The van der Waals surface area contributed by atoms with Crippen molar-refractivity contribution in [3.05, 3.63) is 87.4 Å². The first-order valence-corrected chi connectivity index (χ1v) is 9.58. The number of allylic oxidation sites excluding steroid dienone is 2. The largest absolute Gasteiger partial charge is 0.422 e. The lowest BCUT2D eigenvalue weighted by atomic mass is 9.69. The highest BCUT2D eigenvalue weighted by Gasteiger charge is 2.42. The number of rotatable bonds is 1. The molecule has 0 saturated carbocycles. The van der Waals surface area contributed by atoms with Crippen LogP contribution in [0.4, 0.5) is 5.69 Å². The smallest absolute Gasteiger partial charge is 0.342 e. The van der Waals surface area contributed by atoms with Gasteiger partial charge in [0.1, 0.15) is 5.58 Å². The van der Waals surface area contributed by atoms with E-state index in [1.54, 1.807) is 6.07 Å². The van der Waals surface area contributed by atoms with Crippen LogP contribution in [0.3, 0.4) is 0 Å². The van der Waals surface area contributed by atoms with Gasteiger partial charge in [-0.1, -0.05) is 56.3 Å². The molecule has 4 heteroatoms. The van der Waals surface area contributed by atoms with Crippen molar-refractivity contribution in [2.75, 3.05) is 5.32 Å². The van der Waals surface area contributed by atoms with Crippen molar-refractivity contribution < 1.29 is 9.21 Å². The summed E-state index contributed by atoms with van der Waals surface area (Å²) in [7, 11) is 0. The zero-order valence-corrected chi connectivity index (χ0v) is 15.9. The highest BCUT2D eigenvalue weighted by atomic mass is 16.4. The van der Waals surface area contributed by atoms with Crippen molar-refractivity contribution in [1.82, 2.24) is 0 Å². The molecule has 1 aliphatic heterocycles. The number of carbonyl (C=O) groups excluding carboxylic acids is 1. The first-order valence-electron chi connectivity index (χ1n) is 9.58. The quantitative estimate of drug-likeness (QED) is 0.612. The third-order valence-electron chi connectivity index (χ3n) is 5.75. The standard InChI is InChI=1S/C24H21NO3/c1-24(2)12-16-20(17(26)13-24)19(14-8-4-3-5-9-14)21-22(25-16)15-10-6-7-11-18(15)28-23(21)27/h3-11,19,25H,12-13H2,1-2H3. The molecule has 0 fully saturated rings. The number of ketones is 1. The second-order valence-corrected chi connectivity index (χ2v) is 8.48. The van der Waals surface area contributed by atoms with E-state index in [1.165, 1.54) is 0 Å². The summed E-state index contributed by atoms with van der Waals surface area (Å²) in [6.07, 6.45) is 1.25. The van der Waals surface area contributed by atoms with E-state index in [0.717, 1.165) is 28.8 Å². The molecule has 1 aliphatic carbocycles. The Kier molecular flexibility index (Phi) is 3.60. The Morgan fingerprint density at radius 2 is 1.68 bits per heavy atom. The Hall–Kier alpha value is -3.14. The fraction of sp³-hybridized carbons (Fsp3) is 0.250. The van der Waals surface area contributed by atoms with E-state index in [4.69, 9.17) is 4.42 Å². The number of hydrogen-bond donors (Lipinski definition) is 1. The van der Waals surface area contributed by atoms with E-state index in [9.17, 15) is 9.59 Å². The van der Waals surface area contributed by atoms with Gasteiger partial charge in [-0.25, -0.2) is 4.79 Å². The highest BCUT2D eigenvalue weighted by Crippen LogP contribution is 2.49. The van der Waals surface area contributed by atoms with Crippen molar-refractivity contribution in [2.24, 2.45) is 5.41 Å². The van der Waals surface area contributed by atoms with Crippen molar-refractivity contribution in [3.8, 4) is 0 Å². The highest BCUT2D eigenvalue weighted by molar-refractivity contribution is 6.04. The van der Waals surface area contributed by atoms with E-state index in [-0.39, 0.29) is 16.8 Å². The number of para-hydroxylation sites is 1. The molecule has 2 aliphatic rings. The summed E-state index contributed by atoms with van der Waals surface area (Å²) in [5, 5.41) is 4.33. The maximum atomic E-state index is 13.2. The summed E-state index contributed by atoms with van der Waals surface area (Å²) < 4.78 is 5.64. The van der Waals surface area contributed by atoms with Crippen molar-refractivity contribution >= 4 is 22.4 Å². The van der Waals surface area contributed by atoms with Crippen molar-refractivity contribution in [3.63, 3.8) is 0 Å². The Labute approximate surface area is 162 Å². The molecule has 28 heavy (non-hydrogen) atoms. The molecule has 3 aromatic rings. The summed E-state index contributed by atoms with van der Waals surface area (Å²) >= 11 is 0. The van der Waals surface area contributed by atoms with Crippen LogP contribution in [-0.2, 0) is 4.79 Å². The van der Waals surface area contributed by atoms with Crippen molar-refractivity contribution in [2.45, 2.75) is 32.6 Å². The van der Waals surface area contributed by atoms with Crippen LogP contribution in [0.15, 0.2) is 75.1 Å². The van der Waals surface area contributed by atoms with E-state index < -0.39 is 5.92 Å². The van der Waals surface area contributed by atoms with Gasteiger partial charge in [0.2, 0.25) is 0 Å². The molecule has 5 rings (SSSR count). The predicted molar refractivity (Wildman–Crippen MR) is 109 cm³/mol. The molecule has 0 amide bonds. The molecule has 1 atom stereocenters. The van der Waals surface area contributed by atoms with E-state index in [2.05, 4.69) is 19.2 Å². The maximum Gasteiger partial charge on any atom is 0.342 e. The molecule has 140 valence electrons.